The van der Waals surface area contributed by atoms with Gasteiger partial charge in [0.05, 0.1) is 12.1 Å². The van der Waals surface area contributed by atoms with Gasteiger partial charge in [-0.25, -0.2) is 0 Å². The predicted molar refractivity (Wildman–Crippen MR) is 95.9 cm³/mol. The molecule has 1 aliphatic heterocycles. The summed E-state index contributed by atoms with van der Waals surface area (Å²) in [5.74, 6) is 0.784. The van der Waals surface area contributed by atoms with Crippen molar-refractivity contribution < 1.29 is 9.59 Å². The summed E-state index contributed by atoms with van der Waals surface area (Å²) in [7, 11) is 0. The molecular weight excluding hydrogens is 316 g/mol. The highest BCUT2D eigenvalue weighted by Gasteiger charge is 2.38. The molecule has 25 heavy (non-hydrogen) atoms. The Morgan fingerprint density at radius 3 is 2.80 bits per heavy atom. The van der Waals surface area contributed by atoms with Gasteiger partial charge in [-0.05, 0) is 56.9 Å². The standard InChI is InChI=1S/C19H30N4O2/c1-13-5-7-17(8-6-13)23-12-16(10-18(23)24)19(25)20-9-3-4-15-11-21-22-14(15)2/h11,13,16-17H,3-10,12H2,1-2H3,(H,20,25)(H,21,22). The molecule has 1 aromatic heterocycles. The Hall–Kier alpha value is -1.85. The summed E-state index contributed by atoms with van der Waals surface area (Å²) >= 11 is 0. The smallest absolute Gasteiger partial charge is 0.225 e. The molecule has 1 unspecified atom stereocenters. The molecule has 2 aliphatic rings. The molecule has 0 bridgehead atoms. The third-order valence-corrected chi connectivity index (χ3v) is 5.81. The van der Waals surface area contributed by atoms with E-state index in [1.54, 1.807) is 0 Å². The van der Waals surface area contributed by atoms with Crippen molar-refractivity contribution in [3.8, 4) is 0 Å². The minimum absolute atomic E-state index is 0.0314. The molecule has 0 aromatic carbocycles. The maximum absolute atomic E-state index is 12.4. The fraction of sp³-hybridized carbons (Fsp3) is 0.737. The molecule has 1 atom stereocenters. The number of nitrogens with one attached hydrogen (secondary N) is 2. The molecule has 2 heterocycles. The lowest BCUT2D eigenvalue weighted by Gasteiger charge is -2.33. The number of nitrogens with zero attached hydrogens (tertiary/aromatic N) is 2. The molecule has 6 nitrogen and oxygen atoms in total. The van der Waals surface area contributed by atoms with Crippen molar-refractivity contribution in [1.82, 2.24) is 20.4 Å². The van der Waals surface area contributed by atoms with Crippen LogP contribution in [0.3, 0.4) is 0 Å². The molecule has 0 spiro atoms. The predicted octanol–water partition coefficient (Wildman–Crippen LogP) is 2.19. The molecule has 2 fully saturated rings. The SMILES string of the molecule is Cc1[nH]ncc1CCCNC(=O)C1CC(=O)N(C2CCC(C)CC2)C1. The largest absolute Gasteiger partial charge is 0.356 e. The molecular formula is C19H30N4O2. The first-order chi connectivity index (χ1) is 12.0. The number of aryl methyl sites for hydroxylation is 2. The molecule has 138 valence electrons. The Kier molecular flexibility index (Phi) is 5.76. The quantitative estimate of drug-likeness (QED) is 0.775. The first-order valence-electron chi connectivity index (χ1n) is 9.60. The van der Waals surface area contributed by atoms with Gasteiger partial charge in [0.15, 0.2) is 0 Å². The van der Waals surface area contributed by atoms with Crippen LogP contribution in [0.25, 0.3) is 0 Å². The average Bonchev–Trinajstić information content (AvgIpc) is 3.18. The molecule has 2 amide bonds. The highest BCUT2D eigenvalue weighted by Crippen LogP contribution is 2.31. The molecule has 1 saturated heterocycles. The number of hydrogen-bond donors (Lipinski definition) is 2. The van der Waals surface area contributed by atoms with E-state index in [-0.39, 0.29) is 17.7 Å². The second-order valence-corrected chi connectivity index (χ2v) is 7.78. The number of aromatic nitrogens is 2. The van der Waals surface area contributed by atoms with Gasteiger partial charge in [-0.1, -0.05) is 6.92 Å². The van der Waals surface area contributed by atoms with Crippen LogP contribution in [0, 0.1) is 18.8 Å². The average molecular weight is 346 g/mol. The van der Waals surface area contributed by atoms with Crippen LogP contribution in [0.2, 0.25) is 0 Å². The van der Waals surface area contributed by atoms with E-state index in [0.717, 1.165) is 37.3 Å². The normalized spacial score (nSPS) is 26.9. The molecule has 1 aromatic rings. The molecule has 2 N–H and O–H groups in total. The van der Waals surface area contributed by atoms with E-state index in [2.05, 4.69) is 22.4 Å². The number of rotatable bonds is 6. The van der Waals surface area contributed by atoms with Crippen LogP contribution in [0.5, 0.6) is 0 Å². The van der Waals surface area contributed by atoms with E-state index in [1.807, 2.05) is 18.0 Å². The van der Waals surface area contributed by atoms with Crippen LogP contribution in [0.1, 0.15) is 56.7 Å². The minimum Gasteiger partial charge on any atom is -0.356 e. The molecule has 6 heteroatoms. The second kappa shape index (κ2) is 8.02. The summed E-state index contributed by atoms with van der Waals surface area (Å²) < 4.78 is 0. The zero-order chi connectivity index (χ0) is 17.8. The minimum atomic E-state index is -0.178. The van der Waals surface area contributed by atoms with Gasteiger partial charge in [0.1, 0.15) is 0 Å². The van der Waals surface area contributed by atoms with Crippen molar-refractivity contribution in [2.24, 2.45) is 11.8 Å². The summed E-state index contributed by atoms with van der Waals surface area (Å²) in [6.45, 7) is 5.54. The van der Waals surface area contributed by atoms with E-state index >= 15 is 0 Å². The lowest BCUT2D eigenvalue weighted by Crippen LogP contribution is -2.40. The Morgan fingerprint density at radius 2 is 2.12 bits per heavy atom. The summed E-state index contributed by atoms with van der Waals surface area (Å²) in [5.41, 5.74) is 2.29. The van der Waals surface area contributed by atoms with Crippen molar-refractivity contribution in [2.75, 3.05) is 13.1 Å². The van der Waals surface area contributed by atoms with Crippen molar-refractivity contribution in [3.63, 3.8) is 0 Å². The van der Waals surface area contributed by atoms with E-state index in [4.69, 9.17) is 0 Å². The van der Waals surface area contributed by atoms with Gasteiger partial charge in [0.25, 0.3) is 0 Å². The van der Waals surface area contributed by atoms with Crippen molar-refractivity contribution >= 4 is 11.8 Å². The monoisotopic (exact) mass is 346 g/mol. The van der Waals surface area contributed by atoms with E-state index in [1.165, 1.54) is 18.4 Å². The third kappa shape index (κ3) is 4.41. The van der Waals surface area contributed by atoms with Gasteiger partial charge in [0.2, 0.25) is 11.8 Å². The van der Waals surface area contributed by atoms with Gasteiger partial charge < -0.3 is 10.2 Å². The zero-order valence-electron chi connectivity index (χ0n) is 15.4. The van der Waals surface area contributed by atoms with Crippen LogP contribution < -0.4 is 5.32 Å². The number of likely N-dealkylation sites (tertiary alicyclic amines) is 1. The number of hydrogen-bond acceptors (Lipinski definition) is 3. The van der Waals surface area contributed by atoms with Crippen LogP contribution in [-0.2, 0) is 16.0 Å². The lowest BCUT2D eigenvalue weighted by molar-refractivity contribution is -0.130. The molecule has 1 aliphatic carbocycles. The van der Waals surface area contributed by atoms with Crippen LogP contribution in [0.4, 0.5) is 0 Å². The number of carbonyl (C=O) groups is 2. The first kappa shape index (κ1) is 18.0. The first-order valence-corrected chi connectivity index (χ1v) is 9.60. The molecule has 3 rings (SSSR count). The van der Waals surface area contributed by atoms with Crippen LogP contribution in [-0.4, -0.2) is 46.0 Å². The second-order valence-electron chi connectivity index (χ2n) is 7.78. The van der Waals surface area contributed by atoms with Gasteiger partial charge in [-0.15, -0.1) is 0 Å². The number of carbonyl (C=O) groups excluding carboxylic acids is 2. The van der Waals surface area contributed by atoms with Crippen molar-refractivity contribution in [2.45, 2.75) is 64.8 Å². The Labute approximate surface area is 149 Å². The van der Waals surface area contributed by atoms with Gasteiger partial charge in [0, 0.05) is 31.2 Å². The number of amides is 2. The van der Waals surface area contributed by atoms with E-state index in [9.17, 15) is 9.59 Å². The molecule has 0 radical (unpaired) electrons. The van der Waals surface area contributed by atoms with E-state index in [0.29, 0.717) is 25.6 Å². The summed E-state index contributed by atoms with van der Waals surface area (Å²) in [6, 6.07) is 0.352. The van der Waals surface area contributed by atoms with Crippen LogP contribution >= 0.6 is 0 Å². The fourth-order valence-electron chi connectivity index (χ4n) is 4.08. The van der Waals surface area contributed by atoms with Gasteiger partial charge in [-0.2, -0.15) is 5.10 Å². The fourth-order valence-corrected chi connectivity index (χ4v) is 4.08. The number of H-pyrrole nitrogens is 1. The summed E-state index contributed by atoms with van der Waals surface area (Å²) in [4.78, 5) is 26.7. The van der Waals surface area contributed by atoms with Crippen molar-refractivity contribution in [1.29, 1.82) is 0 Å². The van der Waals surface area contributed by atoms with Gasteiger partial charge in [-0.3, -0.25) is 14.7 Å². The van der Waals surface area contributed by atoms with Crippen LogP contribution in [0.15, 0.2) is 6.20 Å². The third-order valence-electron chi connectivity index (χ3n) is 5.81. The number of aromatic amines is 1. The Morgan fingerprint density at radius 1 is 1.36 bits per heavy atom. The van der Waals surface area contributed by atoms with Crippen molar-refractivity contribution in [3.05, 3.63) is 17.5 Å². The highest BCUT2D eigenvalue weighted by molar-refractivity contribution is 5.89. The topological polar surface area (TPSA) is 78.1 Å². The Balaban J connectivity index is 1.41. The van der Waals surface area contributed by atoms with E-state index < -0.39 is 0 Å². The zero-order valence-corrected chi connectivity index (χ0v) is 15.4. The van der Waals surface area contributed by atoms with Gasteiger partial charge >= 0.3 is 0 Å². The maximum atomic E-state index is 12.4. The maximum Gasteiger partial charge on any atom is 0.225 e. The summed E-state index contributed by atoms with van der Waals surface area (Å²) in [6.07, 6.45) is 8.57. The summed E-state index contributed by atoms with van der Waals surface area (Å²) in [5, 5.41) is 9.94. The highest BCUT2D eigenvalue weighted by atomic mass is 16.2. The lowest BCUT2D eigenvalue weighted by atomic mass is 9.87. The Bertz CT molecular complexity index is 604. The molecule has 1 saturated carbocycles.